The van der Waals surface area contributed by atoms with Gasteiger partial charge in [0, 0.05) is 12.4 Å². The highest BCUT2D eigenvalue weighted by molar-refractivity contribution is 5.60. The minimum atomic E-state index is 0. The van der Waals surface area contributed by atoms with Crippen LogP contribution in [0.3, 0.4) is 0 Å². The molecule has 0 saturated heterocycles. The molecule has 1 rings (SSSR count). The molecule has 0 amide bonds. The summed E-state index contributed by atoms with van der Waals surface area (Å²) in [4.78, 5) is 3.75. The largest absolute Gasteiger partial charge is 0.494 e. The first kappa shape index (κ1) is 6.17. The van der Waals surface area contributed by atoms with Crippen molar-refractivity contribution in [3.8, 4) is 0 Å². The number of hydrogen-bond donors (Lipinski definition) is 0. The SMILES string of the molecule is C1=COCC=N1.[N]. The van der Waals surface area contributed by atoms with Crippen molar-refractivity contribution in [2.45, 2.75) is 0 Å². The lowest BCUT2D eigenvalue weighted by Crippen LogP contribution is -1.90. The standard InChI is InChI=1S/C4H5NO.N/c1-3-6-4-2-5-1;/h1-3H,4H2;. The van der Waals surface area contributed by atoms with E-state index in [0.29, 0.717) is 6.61 Å². The van der Waals surface area contributed by atoms with Gasteiger partial charge in [0.05, 0.1) is 6.20 Å². The van der Waals surface area contributed by atoms with Crippen LogP contribution in [0.15, 0.2) is 17.5 Å². The zero-order valence-electron chi connectivity index (χ0n) is 3.74. The summed E-state index contributed by atoms with van der Waals surface area (Å²) in [6.07, 6.45) is 4.89. The molecule has 0 spiro atoms. The fourth-order valence-electron chi connectivity index (χ4n) is 0.281. The second kappa shape index (κ2) is 3.36. The molecule has 3 heteroatoms. The van der Waals surface area contributed by atoms with E-state index in [2.05, 4.69) is 4.99 Å². The molecule has 37 valence electrons. The van der Waals surface area contributed by atoms with Gasteiger partial charge in [0.1, 0.15) is 12.9 Å². The summed E-state index contributed by atoms with van der Waals surface area (Å²) in [7, 11) is 0. The molecule has 0 aromatic heterocycles. The molecule has 0 saturated carbocycles. The Hall–Kier alpha value is -0.830. The monoisotopic (exact) mass is 97.0 g/mol. The van der Waals surface area contributed by atoms with E-state index < -0.39 is 0 Å². The van der Waals surface area contributed by atoms with E-state index >= 15 is 0 Å². The van der Waals surface area contributed by atoms with Gasteiger partial charge in [-0.3, -0.25) is 4.99 Å². The molecule has 0 bridgehead atoms. The first-order chi connectivity index (χ1) is 3.00. The van der Waals surface area contributed by atoms with Gasteiger partial charge in [-0.2, -0.15) is 0 Å². The third-order valence-corrected chi connectivity index (χ3v) is 0.519. The predicted molar refractivity (Wildman–Crippen MR) is 25.7 cm³/mol. The Morgan fingerprint density at radius 2 is 2.43 bits per heavy atom. The van der Waals surface area contributed by atoms with Crippen LogP contribution in [0.1, 0.15) is 0 Å². The normalized spacial score (nSPS) is 14.9. The highest BCUT2D eigenvalue weighted by Gasteiger charge is 1.76. The van der Waals surface area contributed by atoms with Crippen LogP contribution < -0.4 is 6.15 Å². The van der Waals surface area contributed by atoms with Gasteiger partial charge in [0.15, 0.2) is 0 Å². The third kappa shape index (κ3) is 1.94. The second-order valence-corrected chi connectivity index (χ2v) is 0.950. The molecule has 0 aromatic carbocycles. The van der Waals surface area contributed by atoms with Crippen LogP contribution in [-0.2, 0) is 4.74 Å². The Morgan fingerprint density at radius 3 is 2.57 bits per heavy atom. The Bertz CT molecular complexity index is 75.7. The zero-order chi connectivity index (χ0) is 4.24. The Balaban J connectivity index is 0.000000360. The minimum absolute atomic E-state index is 0. The van der Waals surface area contributed by atoms with Crippen LogP contribution in [0.2, 0.25) is 0 Å². The summed E-state index contributed by atoms with van der Waals surface area (Å²) in [6, 6.07) is 0. The van der Waals surface area contributed by atoms with Crippen molar-refractivity contribution in [2.75, 3.05) is 6.61 Å². The fraction of sp³-hybridized carbons (Fsp3) is 0.250. The summed E-state index contributed by atoms with van der Waals surface area (Å²) >= 11 is 0. The van der Waals surface area contributed by atoms with Crippen LogP contribution in [-0.4, -0.2) is 12.8 Å². The number of ether oxygens (including phenoxy) is 1. The van der Waals surface area contributed by atoms with Crippen LogP contribution in [0, 0.1) is 0 Å². The predicted octanol–water partition coefficient (Wildman–Crippen LogP) is 0.0780. The minimum Gasteiger partial charge on any atom is -0.494 e. The van der Waals surface area contributed by atoms with Crippen molar-refractivity contribution < 1.29 is 4.74 Å². The molecule has 0 fully saturated rings. The number of rotatable bonds is 0. The van der Waals surface area contributed by atoms with Gasteiger partial charge in [-0.25, -0.2) is 0 Å². The smallest absolute Gasteiger partial charge is 0.123 e. The summed E-state index contributed by atoms with van der Waals surface area (Å²) in [5.41, 5.74) is 0. The van der Waals surface area contributed by atoms with Gasteiger partial charge < -0.3 is 4.74 Å². The Kier molecular flexibility index (Phi) is 2.96. The molecule has 1 heterocycles. The first-order valence-electron chi connectivity index (χ1n) is 1.78. The first-order valence-corrected chi connectivity index (χ1v) is 1.78. The molecular weight excluding hydrogens is 92.1 g/mol. The van der Waals surface area contributed by atoms with Crippen molar-refractivity contribution in [1.29, 1.82) is 0 Å². The van der Waals surface area contributed by atoms with Crippen LogP contribution >= 0.6 is 0 Å². The fourth-order valence-corrected chi connectivity index (χ4v) is 0.281. The van der Waals surface area contributed by atoms with E-state index in [4.69, 9.17) is 4.74 Å². The van der Waals surface area contributed by atoms with Crippen molar-refractivity contribution in [3.05, 3.63) is 12.5 Å². The number of aliphatic imine (C=N–C) groups is 1. The Morgan fingerprint density at radius 1 is 1.57 bits per heavy atom. The molecule has 0 aromatic rings. The molecule has 3 radical (unpaired) electrons. The average molecular weight is 97.1 g/mol. The summed E-state index contributed by atoms with van der Waals surface area (Å²) in [6.45, 7) is 0.622. The zero-order valence-corrected chi connectivity index (χ0v) is 3.74. The number of hydrogen-bond acceptors (Lipinski definition) is 2. The third-order valence-electron chi connectivity index (χ3n) is 0.519. The van der Waals surface area contributed by atoms with Gasteiger partial charge in [-0.05, 0) is 0 Å². The van der Waals surface area contributed by atoms with Crippen LogP contribution in [0.4, 0.5) is 0 Å². The lowest BCUT2D eigenvalue weighted by Gasteiger charge is -1.94. The number of nitrogens with zero attached hydrogens (tertiary/aromatic N) is 2. The lowest BCUT2D eigenvalue weighted by atomic mass is 10.7. The van der Waals surface area contributed by atoms with Gasteiger partial charge >= 0.3 is 0 Å². The van der Waals surface area contributed by atoms with E-state index in [9.17, 15) is 0 Å². The Labute approximate surface area is 42.3 Å². The van der Waals surface area contributed by atoms with E-state index in [1.165, 1.54) is 0 Å². The maximum atomic E-state index is 4.74. The van der Waals surface area contributed by atoms with Crippen molar-refractivity contribution >= 4 is 6.21 Å². The van der Waals surface area contributed by atoms with Crippen LogP contribution in [0.25, 0.3) is 0 Å². The highest BCUT2D eigenvalue weighted by atomic mass is 16.5. The molecule has 0 atom stereocenters. The maximum absolute atomic E-state index is 4.74. The molecule has 0 aliphatic carbocycles. The second-order valence-electron chi connectivity index (χ2n) is 0.950. The molecule has 7 heavy (non-hydrogen) atoms. The van der Waals surface area contributed by atoms with E-state index in [0.717, 1.165) is 0 Å². The van der Waals surface area contributed by atoms with E-state index in [-0.39, 0.29) is 6.15 Å². The summed E-state index contributed by atoms with van der Waals surface area (Å²) < 4.78 is 4.74. The summed E-state index contributed by atoms with van der Waals surface area (Å²) in [5, 5.41) is 0. The molecule has 1 aliphatic heterocycles. The van der Waals surface area contributed by atoms with Gasteiger partial charge in [0.25, 0.3) is 0 Å². The topological polar surface area (TPSA) is 52.1 Å². The van der Waals surface area contributed by atoms with E-state index in [1.54, 1.807) is 18.7 Å². The lowest BCUT2D eigenvalue weighted by molar-refractivity contribution is 0.300. The molecule has 0 unspecified atom stereocenters. The van der Waals surface area contributed by atoms with Gasteiger partial charge in [-0.15, -0.1) is 0 Å². The van der Waals surface area contributed by atoms with Crippen molar-refractivity contribution in [3.63, 3.8) is 0 Å². The van der Waals surface area contributed by atoms with Gasteiger partial charge in [-0.1, -0.05) is 0 Å². The molecule has 1 aliphatic rings. The maximum Gasteiger partial charge on any atom is 0.123 e. The average Bonchev–Trinajstić information content (AvgIpc) is 1.72. The quantitative estimate of drug-likeness (QED) is 0.422. The summed E-state index contributed by atoms with van der Waals surface area (Å²) in [5.74, 6) is 0. The molecule has 3 nitrogen and oxygen atoms in total. The van der Waals surface area contributed by atoms with Gasteiger partial charge in [0.2, 0.25) is 0 Å². The molecule has 0 N–H and O–H groups in total. The van der Waals surface area contributed by atoms with Crippen molar-refractivity contribution in [1.82, 2.24) is 6.15 Å². The van der Waals surface area contributed by atoms with Crippen molar-refractivity contribution in [2.24, 2.45) is 4.99 Å². The highest BCUT2D eigenvalue weighted by Crippen LogP contribution is 1.82. The van der Waals surface area contributed by atoms with Crippen LogP contribution in [0.5, 0.6) is 0 Å². The molecular formula is C4H5N2O. The van der Waals surface area contributed by atoms with E-state index in [1.807, 2.05) is 0 Å².